The van der Waals surface area contributed by atoms with Crippen LogP contribution < -0.4 is 5.73 Å². The molecule has 102 valence electrons. The smallest absolute Gasteiger partial charge is 0.323 e. The number of hydrogen-bond donors (Lipinski definition) is 2. The first kappa shape index (κ1) is 14.7. The van der Waals surface area contributed by atoms with Gasteiger partial charge in [0, 0.05) is 5.56 Å². The molecule has 1 aromatic rings. The Balaban J connectivity index is 3.04. The predicted molar refractivity (Wildman–Crippen MR) is 68.6 cm³/mol. The summed E-state index contributed by atoms with van der Waals surface area (Å²) in [6.07, 6.45) is 0.638. The van der Waals surface area contributed by atoms with E-state index >= 15 is 0 Å². The van der Waals surface area contributed by atoms with Crippen LogP contribution in [0.5, 0.6) is 0 Å². The summed E-state index contributed by atoms with van der Waals surface area (Å²) in [5, 5.41) is 8.77. The van der Waals surface area contributed by atoms with Crippen molar-refractivity contribution in [1.82, 2.24) is 4.90 Å². The van der Waals surface area contributed by atoms with E-state index in [1.54, 1.807) is 24.3 Å². The van der Waals surface area contributed by atoms with E-state index in [0.717, 1.165) is 10.5 Å². The number of rotatable bonds is 6. The SMILES string of the molecule is CCc1ccccc1C(=O)N(CC(N)=O)CC(=O)O. The number of carboxylic acid groups (broad SMARTS) is 1. The highest BCUT2D eigenvalue weighted by Crippen LogP contribution is 2.12. The van der Waals surface area contributed by atoms with Gasteiger partial charge in [-0.05, 0) is 18.1 Å². The zero-order chi connectivity index (χ0) is 14.4. The molecule has 0 aliphatic heterocycles. The number of aryl methyl sites for hydroxylation is 1. The number of nitrogens with two attached hydrogens (primary N) is 1. The molecule has 0 bridgehead atoms. The summed E-state index contributed by atoms with van der Waals surface area (Å²) >= 11 is 0. The minimum atomic E-state index is -1.19. The van der Waals surface area contributed by atoms with Gasteiger partial charge in [-0.3, -0.25) is 14.4 Å². The second kappa shape index (κ2) is 6.53. The van der Waals surface area contributed by atoms with Crippen molar-refractivity contribution in [3.8, 4) is 0 Å². The van der Waals surface area contributed by atoms with Gasteiger partial charge in [0.15, 0.2) is 0 Å². The highest BCUT2D eigenvalue weighted by atomic mass is 16.4. The predicted octanol–water partition coefficient (Wildman–Crippen LogP) is 0.261. The van der Waals surface area contributed by atoms with Crippen LogP contribution >= 0.6 is 0 Å². The molecule has 0 atom stereocenters. The van der Waals surface area contributed by atoms with E-state index in [2.05, 4.69) is 0 Å². The van der Waals surface area contributed by atoms with E-state index in [1.165, 1.54) is 0 Å². The first-order valence-corrected chi connectivity index (χ1v) is 5.83. The van der Waals surface area contributed by atoms with Crippen molar-refractivity contribution in [2.75, 3.05) is 13.1 Å². The minimum absolute atomic E-state index is 0.396. The van der Waals surface area contributed by atoms with Gasteiger partial charge in [0.1, 0.15) is 13.1 Å². The standard InChI is InChI=1S/C13H16N2O4/c1-2-9-5-3-4-6-10(9)13(19)15(7-11(14)16)8-12(17)18/h3-6H,2,7-8H2,1H3,(H2,14,16)(H,17,18). The second-order valence-electron chi connectivity index (χ2n) is 4.03. The minimum Gasteiger partial charge on any atom is -0.480 e. The Morgan fingerprint density at radius 3 is 2.37 bits per heavy atom. The number of aliphatic carboxylic acids is 1. The van der Waals surface area contributed by atoms with Gasteiger partial charge in [0.05, 0.1) is 0 Å². The molecule has 0 heterocycles. The van der Waals surface area contributed by atoms with Crippen LogP contribution in [0.3, 0.4) is 0 Å². The number of carbonyl (C=O) groups excluding carboxylic acids is 2. The van der Waals surface area contributed by atoms with Crippen LogP contribution in [0.25, 0.3) is 0 Å². The van der Waals surface area contributed by atoms with Crippen molar-refractivity contribution >= 4 is 17.8 Å². The van der Waals surface area contributed by atoms with Crippen LogP contribution in [0.2, 0.25) is 0 Å². The highest BCUT2D eigenvalue weighted by molar-refractivity contribution is 5.99. The van der Waals surface area contributed by atoms with E-state index in [1.807, 2.05) is 6.92 Å². The van der Waals surface area contributed by atoms with Crippen LogP contribution in [-0.2, 0) is 16.0 Å². The van der Waals surface area contributed by atoms with Crippen LogP contribution in [0.15, 0.2) is 24.3 Å². The van der Waals surface area contributed by atoms with Crippen molar-refractivity contribution in [3.05, 3.63) is 35.4 Å². The number of benzene rings is 1. The third kappa shape index (κ3) is 4.09. The van der Waals surface area contributed by atoms with Gasteiger partial charge >= 0.3 is 5.97 Å². The number of primary amides is 1. The Kier molecular flexibility index (Phi) is 5.05. The summed E-state index contributed by atoms with van der Waals surface area (Å²) in [5.74, 6) is -2.44. The summed E-state index contributed by atoms with van der Waals surface area (Å²) in [6, 6.07) is 6.88. The fourth-order valence-corrected chi connectivity index (χ4v) is 1.76. The summed E-state index contributed by atoms with van der Waals surface area (Å²) < 4.78 is 0. The molecule has 0 aromatic heterocycles. The number of amides is 2. The molecule has 1 aromatic carbocycles. The van der Waals surface area contributed by atoms with Gasteiger partial charge in [0.2, 0.25) is 5.91 Å². The van der Waals surface area contributed by atoms with Crippen LogP contribution in [-0.4, -0.2) is 40.9 Å². The maximum Gasteiger partial charge on any atom is 0.323 e. The average molecular weight is 264 g/mol. The Morgan fingerprint density at radius 2 is 1.84 bits per heavy atom. The molecule has 0 aliphatic carbocycles. The molecule has 0 aliphatic rings. The molecule has 6 heteroatoms. The van der Waals surface area contributed by atoms with Crippen molar-refractivity contribution in [3.63, 3.8) is 0 Å². The highest BCUT2D eigenvalue weighted by Gasteiger charge is 2.21. The van der Waals surface area contributed by atoms with Gasteiger partial charge in [0.25, 0.3) is 5.91 Å². The molecule has 0 fully saturated rings. The molecule has 0 radical (unpaired) electrons. The molecule has 2 amide bonds. The van der Waals surface area contributed by atoms with Gasteiger partial charge < -0.3 is 15.7 Å². The fourth-order valence-electron chi connectivity index (χ4n) is 1.76. The molecule has 1 rings (SSSR count). The van der Waals surface area contributed by atoms with E-state index in [-0.39, 0.29) is 0 Å². The van der Waals surface area contributed by atoms with E-state index < -0.39 is 30.9 Å². The average Bonchev–Trinajstić information content (AvgIpc) is 2.36. The molecular weight excluding hydrogens is 248 g/mol. The third-order valence-electron chi connectivity index (χ3n) is 2.59. The van der Waals surface area contributed by atoms with Gasteiger partial charge in [-0.15, -0.1) is 0 Å². The van der Waals surface area contributed by atoms with Crippen molar-refractivity contribution in [1.29, 1.82) is 0 Å². The zero-order valence-corrected chi connectivity index (χ0v) is 10.6. The molecule has 0 saturated heterocycles. The summed E-state index contributed by atoms with van der Waals surface area (Å²) in [6.45, 7) is 0.921. The van der Waals surface area contributed by atoms with Crippen molar-refractivity contribution in [2.24, 2.45) is 5.73 Å². The summed E-state index contributed by atoms with van der Waals surface area (Å²) in [7, 11) is 0. The van der Waals surface area contributed by atoms with Gasteiger partial charge in [-0.25, -0.2) is 0 Å². The lowest BCUT2D eigenvalue weighted by atomic mass is 10.0. The summed E-state index contributed by atoms with van der Waals surface area (Å²) in [5.41, 5.74) is 6.22. The number of hydrogen-bond acceptors (Lipinski definition) is 3. The fraction of sp³-hybridized carbons (Fsp3) is 0.308. The first-order chi connectivity index (χ1) is 8.95. The van der Waals surface area contributed by atoms with Gasteiger partial charge in [-0.2, -0.15) is 0 Å². The molecule has 6 nitrogen and oxygen atoms in total. The lowest BCUT2D eigenvalue weighted by Crippen LogP contribution is -2.41. The lowest BCUT2D eigenvalue weighted by Gasteiger charge is -2.20. The molecule has 19 heavy (non-hydrogen) atoms. The van der Waals surface area contributed by atoms with Crippen molar-refractivity contribution in [2.45, 2.75) is 13.3 Å². The van der Waals surface area contributed by atoms with Gasteiger partial charge in [-0.1, -0.05) is 25.1 Å². The topological polar surface area (TPSA) is 101 Å². The lowest BCUT2D eigenvalue weighted by molar-refractivity contribution is -0.138. The Hall–Kier alpha value is -2.37. The molecule has 0 saturated carbocycles. The quantitative estimate of drug-likeness (QED) is 0.769. The molecule has 0 unspecified atom stereocenters. The number of carbonyl (C=O) groups is 3. The number of carboxylic acids is 1. The van der Waals surface area contributed by atoms with E-state index in [9.17, 15) is 14.4 Å². The van der Waals surface area contributed by atoms with Crippen LogP contribution in [0.4, 0.5) is 0 Å². The first-order valence-electron chi connectivity index (χ1n) is 5.83. The summed E-state index contributed by atoms with van der Waals surface area (Å²) in [4.78, 5) is 34.8. The van der Waals surface area contributed by atoms with Crippen LogP contribution in [0.1, 0.15) is 22.8 Å². The normalized spacial score (nSPS) is 9.95. The Labute approximate surface area is 110 Å². The van der Waals surface area contributed by atoms with Crippen LogP contribution in [0, 0.1) is 0 Å². The maximum absolute atomic E-state index is 12.3. The van der Waals surface area contributed by atoms with E-state index in [4.69, 9.17) is 10.8 Å². The molecule has 3 N–H and O–H groups in total. The third-order valence-corrected chi connectivity index (χ3v) is 2.59. The largest absolute Gasteiger partial charge is 0.480 e. The molecular formula is C13H16N2O4. The number of nitrogens with zero attached hydrogens (tertiary/aromatic N) is 1. The Morgan fingerprint density at radius 1 is 1.21 bits per heavy atom. The maximum atomic E-state index is 12.3. The monoisotopic (exact) mass is 264 g/mol. The van der Waals surface area contributed by atoms with E-state index in [0.29, 0.717) is 12.0 Å². The van der Waals surface area contributed by atoms with Crippen molar-refractivity contribution < 1.29 is 19.5 Å². The second-order valence-corrected chi connectivity index (χ2v) is 4.03. The zero-order valence-electron chi connectivity index (χ0n) is 10.6. The molecule has 0 spiro atoms. The Bertz CT molecular complexity index is 483.